The Bertz CT molecular complexity index is 2260. The van der Waals surface area contributed by atoms with E-state index in [9.17, 15) is 34.2 Å². The lowest BCUT2D eigenvalue weighted by Crippen LogP contribution is -2.42. The van der Waals surface area contributed by atoms with Crippen molar-refractivity contribution in [2.75, 3.05) is 42.1 Å². The van der Waals surface area contributed by atoms with Crippen molar-refractivity contribution in [3.8, 4) is 23.2 Å². The van der Waals surface area contributed by atoms with Gasteiger partial charge in [-0.25, -0.2) is 19.7 Å². The van der Waals surface area contributed by atoms with Crippen LogP contribution in [0.5, 0.6) is 0 Å². The standard InChI is InChI=1S/C51H72N4O17/c1-29(18-19-41(72-51(62)44(24-56)65-10)33(5)47(70-34(6)58)30(2)20-21-55(7)28-57)42(64-9)23-43-32(4)40(63-8)16-13-17-45-52-37(26-67-45)49-54-38(27-69-49)50-53-36(25-68-50)48(66-11)31(3)39(60)15-12-14-35(59)22-46(61)71-43/h12-13,15,17,20-21,25-33,35,40-44,47-48,56,59H,14,16,18-19,22-24H2,1-11H3/t29-,30+,31+,32-,33+,35-,40+,41+,42+,43+,44+,47-,48+/m1/s1. The first-order valence-corrected chi connectivity index (χ1v) is 23.9. The minimum absolute atomic E-state index is 0.0313. The maximum atomic E-state index is 13.7. The van der Waals surface area contributed by atoms with Gasteiger partial charge in [-0.2, -0.15) is 0 Å². The molecule has 2 N–H and O–H groups in total. The molecule has 0 aliphatic carbocycles. The van der Waals surface area contributed by atoms with Crippen LogP contribution in [-0.4, -0.2) is 145 Å². The van der Waals surface area contributed by atoms with Crippen molar-refractivity contribution in [1.29, 1.82) is 0 Å². The molecule has 4 rings (SSSR count). The average molecular weight is 1010 g/mol. The van der Waals surface area contributed by atoms with Crippen LogP contribution in [0.1, 0.15) is 97.8 Å². The van der Waals surface area contributed by atoms with Crippen molar-refractivity contribution < 1.29 is 80.6 Å². The largest absolute Gasteiger partial charge is 0.462 e. The number of methoxy groups -OCH3 is 4. The van der Waals surface area contributed by atoms with Gasteiger partial charge in [0.2, 0.25) is 24.1 Å². The molecule has 21 heteroatoms. The molecule has 13 atom stereocenters. The lowest BCUT2D eigenvalue weighted by molar-refractivity contribution is -0.172. The van der Waals surface area contributed by atoms with Crippen LogP contribution in [0.15, 0.2) is 62.5 Å². The molecule has 21 nitrogen and oxygen atoms in total. The number of nitrogens with zero attached hydrogens (tertiary/aromatic N) is 4. The Morgan fingerprint density at radius 1 is 0.875 bits per heavy atom. The van der Waals surface area contributed by atoms with Gasteiger partial charge < -0.3 is 61.5 Å². The van der Waals surface area contributed by atoms with Gasteiger partial charge in [-0.15, -0.1) is 0 Å². The zero-order valence-corrected chi connectivity index (χ0v) is 43.0. The van der Waals surface area contributed by atoms with E-state index in [1.165, 1.54) is 64.1 Å². The molecule has 0 radical (unpaired) electrons. The van der Waals surface area contributed by atoms with Gasteiger partial charge in [-0.05, 0) is 43.8 Å². The number of aromatic nitrogens is 3. The van der Waals surface area contributed by atoms with E-state index in [4.69, 9.17) is 46.4 Å². The number of amides is 1. The number of hydrogen-bond acceptors (Lipinski definition) is 20. The van der Waals surface area contributed by atoms with Crippen LogP contribution in [0.25, 0.3) is 29.2 Å². The van der Waals surface area contributed by atoms with Crippen molar-refractivity contribution in [3.05, 3.63) is 60.9 Å². The molecule has 0 fully saturated rings. The smallest absolute Gasteiger partial charge is 0.337 e. The highest BCUT2D eigenvalue weighted by atomic mass is 16.6. The SMILES string of the molecule is CO[C@@H](CO)C(=O)O[C@@H](CC[C@@H](C)[C@H](C[C@@H]1OC(=O)C[C@H](O)CC=CC(=O)[C@H](C)[C@H](OC)c2coc(n2)-c2coc(n2)-c2coc(n2)C=CC[C@H](OC)[C@H]1C)OC)[C@H](C)[C@H](OC(C)=O)[C@@H](C)C=CN(C)C=O. The fraction of sp³-hybridized carbons (Fsp3) is 0.608. The summed E-state index contributed by atoms with van der Waals surface area (Å²) in [7, 11) is 7.36. The molecule has 0 saturated heterocycles. The first-order valence-electron chi connectivity index (χ1n) is 23.9. The Balaban J connectivity index is 1.62. The number of aliphatic hydroxyl groups is 2. The molecule has 0 spiro atoms. The van der Waals surface area contributed by atoms with Gasteiger partial charge in [-0.3, -0.25) is 19.2 Å². The maximum Gasteiger partial charge on any atom is 0.337 e. The molecule has 1 aliphatic rings. The average Bonchev–Trinajstić information content (AvgIpc) is 4.16. The van der Waals surface area contributed by atoms with Crippen LogP contribution in [0, 0.1) is 29.6 Å². The van der Waals surface area contributed by atoms with E-state index < -0.39 is 97.0 Å². The maximum absolute atomic E-state index is 13.7. The fourth-order valence-electron chi connectivity index (χ4n) is 8.46. The Morgan fingerprint density at radius 2 is 1.56 bits per heavy atom. The topological polar surface area (TPSA) is 272 Å². The molecule has 3 aromatic rings. The van der Waals surface area contributed by atoms with Crippen LogP contribution >= 0.6 is 0 Å². The molecule has 4 heterocycles. The summed E-state index contributed by atoms with van der Waals surface area (Å²) in [4.78, 5) is 78.8. The number of ether oxygens (including phenoxy) is 7. The minimum Gasteiger partial charge on any atom is -0.462 e. The van der Waals surface area contributed by atoms with Crippen LogP contribution in [-0.2, 0) is 57.1 Å². The van der Waals surface area contributed by atoms with E-state index in [-0.39, 0.29) is 60.8 Å². The van der Waals surface area contributed by atoms with Crippen LogP contribution in [0.4, 0.5) is 0 Å². The molecule has 0 aromatic carbocycles. The summed E-state index contributed by atoms with van der Waals surface area (Å²) in [5.41, 5.74) is 0.936. The predicted molar refractivity (Wildman–Crippen MR) is 258 cm³/mol. The van der Waals surface area contributed by atoms with E-state index in [2.05, 4.69) is 15.0 Å². The second-order valence-electron chi connectivity index (χ2n) is 18.2. The second-order valence-corrected chi connectivity index (χ2v) is 18.2. The van der Waals surface area contributed by atoms with Crippen molar-refractivity contribution in [2.45, 2.75) is 129 Å². The molecular formula is C51H72N4O17. The van der Waals surface area contributed by atoms with E-state index in [0.717, 1.165) is 0 Å². The van der Waals surface area contributed by atoms with Crippen molar-refractivity contribution in [2.24, 2.45) is 29.6 Å². The van der Waals surface area contributed by atoms with E-state index in [0.29, 0.717) is 30.6 Å². The second kappa shape index (κ2) is 29.0. The molecule has 0 saturated carbocycles. The third kappa shape index (κ3) is 16.9. The first-order chi connectivity index (χ1) is 34.4. The zero-order chi connectivity index (χ0) is 53.1. The van der Waals surface area contributed by atoms with Gasteiger partial charge in [0, 0.05) is 72.8 Å². The van der Waals surface area contributed by atoms with Crippen molar-refractivity contribution >= 4 is 36.2 Å². The van der Waals surface area contributed by atoms with E-state index in [1.54, 1.807) is 46.4 Å². The Kier molecular flexibility index (Phi) is 23.7. The molecule has 72 heavy (non-hydrogen) atoms. The number of oxazole rings is 3. The number of rotatable bonds is 20. The Labute approximate surface area is 420 Å². The van der Waals surface area contributed by atoms with Crippen molar-refractivity contribution in [1.82, 2.24) is 19.9 Å². The number of esters is 3. The summed E-state index contributed by atoms with van der Waals surface area (Å²) >= 11 is 0. The number of carbonyl (C=O) groups is 5. The number of hydrogen-bond donors (Lipinski definition) is 2. The third-order valence-electron chi connectivity index (χ3n) is 12.9. The number of aliphatic hydroxyl groups excluding tert-OH is 2. The molecule has 6 bridgehead atoms. The molecular weight excluding hydrogens is 941 g/mol. The van der Waals surface area contributed by atoms with E-state index in [1.807, 2.05) is 26.8 Å². The number of ketones is 1. The molecule has 398 valence electrons. The fourth-order valence-corrected chi connectivity index (χ4v) is 8.46. The monoisotopic (exact) mass is 1010 g/mol. The lowest BCUT2D eigenvalue weighted by atomic mass is 9.83. The number of cyclic esters (lactones) is 1. The highest BCUT2D eigenvalue weighted by Gasteiger charge is 2.38. The van der Waals surface area contributed by atoms with Gasteiger partial charge >= 0.3 is 17.9 Å². The summed E-state index contributed by atoms with van der Waals surface area (Å²) < 4.78 is 57.9. The summed E-state index contributed by atoms with van der Waals surface area (Å²) in [6, 6.07) is 0. The van der Waals surface area contributed by atoms with Gasteiger partial charge in [0.05, 0.1) is 37.3 Å². The van der Waals surface area contributed by atoms with Crippen LogP contribution in [0.3, 0.4) is 0 Å². The normalized spacial score (nSPS) is 23.4. The minimum atomic E-state index is -1.26. The van der Waals surface area contributed by atoms with Gasteiger partial charge in [0.15, 0.2) is 23.3 Å². The van der Waals surface area contributed by atoms with E-state index >= 15 is 0 Å². The quantitative estimate of drug-likeness (QED) is 0.0735. The molecule has 0 unspecified atom stereocenters. The molecule has 3 aromatic heterocycles. The zero-order valence-electron chi connectivity index (χ0n) is 43.0. The number of fused-ring (bicyclic) bond motifs is 8. The Hall–Kier alpha value is -5.84. The summed E-state index contributed by atoms with van der Waals surface area (Å²) in [6.07, 6.45) is 8.27. The summed E-state index contributed by atoms with van der Waals surface area (Å²) in [5.74, 6) is -4.29. The van der Waals surface area contributed by atoms with Gasteiger partial charge in [-0.1, -0.05) is 52.8 Å². The highest BCUT2D eigenvalue weighted by molar-refractivity contribution is 5.92. The predicted octanol–water partition coefficient (Wildman–Crippen LogP) is 6.10. The molecule has 1 amide bonds. The first kappa shape index (κ1) is 58.7. The number of carbonyl (C=O) groups excluding carboxylic acids is 5. The number of allylic oxidation sites excluding steroid dienone is 1. The summed E-state index contributed by atoms with van der Waals surface area (Å²) in [6.45, 7) is 9.74. The molecule has 1 aliphatic heterocycles. The highest BCUT2D eigenvalue weighted by Crippen LogP contribution is 2.33. The lowest BCUT2D eigenvalue weighted by Gasteiger charge is -2.35. The van der Waals surface area contributed by atoms with Crippen LogP contribution in [0.2, 0.25) is 0 Å². The van der Waals surface area contributed by atoms with Gasteiger partial charge in [0.25, 0.3) is 0 Å². The van der Waals surface area contributed by atoms with Gasteiger partial charge in [0.1, 0.15) is 48.9 Å². The van der Waals surface area contributed by atoms with Crippen molar-refractivity contribution in [3.63, 3.8) is 0 Å². The van der Waals surface area contributed by atoms with Crippen LogP contribution < -0.4 is 0 Å². The Morgan fingerprint density at radius 3 is 2.21 bits per heavy atom. The summed E-state index contributed by atoms with van der Waals surface area (Å²) in [5, 5.41) is 20.9. The third-order valence-corrected chi connectivity index (χ3v) is 12.9.